The van der Waals surface area contributed by atoms with E-state index in [0.29, 0.717) is 6.04 Å². The maximum Gasteiger partial charge on any atom is 0.0172 e. The Labute approximate surface area is 67.1 Å². The lowest BCUT2D eigenvalue weighted by Gasteiger charge is -2.25. The molecule has 1 aliphatic rings. The smallest absolute Gasteiger partial charge is 0.0172 e. The van der Waals surface area contributed by atoms with Crippen LogP contribution in [-0.2, 0) is 0 Å². The Bertz CT molecular complexity index is 89.6. The van der Waals surface area contributed by atoms with Gasteiger partial charge in [0.05, 0.1) is 0 Å². The minimum Gasteiger partial charge on any atom is -0.328 e. The topological polar surface area (TPSA) is 38.0 Å². The fourth-order valence-electron chi connectivity index (χ4n) is 1.40. The van der Waals surface area contributed by atoms with E-state index in [2.05, 4.69) is 11.0 Å². The monoisotopic (exact) mass is 160 g/mol. The molecule has 1 fully saturated rings. The largest absolute Gasteiger partial charge is 0.328 e. The standard InChI is InChI=1S/C7H16N2S/c1-10-9-7-4-2-6(8)3-5-7/h6-7,9H,2-5,8H2,1H3. The summed E-state index contributed by atoms with van der Waals surface area (Å²) in [5.41, 5.74) is 5.76. The summed E-state index contributed by atoms with van der Waals surface area (Å²) < 4.78 is 3.37. The van der Waals surface area contributed by atoms with Gasteiger partial charge in [-0.25, -0.2) is 0 Å². The van der Waals surface area contributed by atoms with Crippen LogP contribution in [0.3, 0.4) is 0 Å². The predicted octanol–water partition coefficient (Wildman–Crippen LogP) is 1.12. The number of hydrogen-bond acceptors (Lipinski definition) is 3. The van der Waals surface area contributed by atoms with Crippen molar-refractivity contribution in [1.29, 1.82) is 0 Å². The van der Waals surface area contributed by atoms with Crippen LogP contribution in [0.15, 0.2) is 0 Å². The van der Waals surface area contributed by atoms with Crippen LogP contribution < -0.4 is 10.5 Å². The lowest BCUT2D eigenvalue weighted by atomic mass is 9.93. The van der Waals surface area contributed by atoms with E-state index in [1.54, 1.807) is 11.9 Å². The zero-order valence-electron chi connectivity index (χ0n) is 6.47. The number of nitrogens with one attached hydrogen (secondary N) is 1. The van der Waals surface area contributed by atoms with Crippen LogP contribution >= 0.6 is 11.9 Å². The van der Waals surface area contributed by atoms with E-state index in [0.717, 1.165) is 6.04 Å². The van der Waals surface area contributed by atoms with Gasteiger partial charge in [0.25, 0.3) is 0 Å². The van der Waals surface area contributed by atoms with E-state index in [9.17, 15) is 0 Å². The quantitative estimate of drug-likeness (QED) is 0.595. The van der Waals surface area contributed by atoms with E-state index in [1.807, 2.05) is 0 Å². The Morgan fingerprint density at radius 3 is 2.40 bits per heavy atom. The molecule has 3 N–H and O–H groups in total. The second kappa shape index (κ2) is 4.21. The molecule has 0 radical (unpaired) electrons. The van der Waals surface area contributed by atoms with Crippen molar-refractivity contribution in [3.05, 3.63) is 0 Å². The average molecular weight is 160 g/mol. The molecule has 1 saturated carbocycles. The first kappa shape index (κ1) is 8.37. The number of nitrogens with two attached hydrogens (primary N) is 1. The molecule has 2 nitrogen and oxygen atoms in total. The van der Waals surface area contributed by atoms with Gasteiger partial charge < -0.3 is 5.73 Å². The molecule has 0 aromatic rings. The van der Waals surface area contributed by atoms with Crippen molar-refractivity contribution in [2.24, 2.45) is 5.73 Å². The molecule has 1 aliphatic carbocycles. The van der Waals surface area contributed by atoms with Gasteiger partial charge in [-0.05, 0) is 31.9 Å². The van der Waals surface area contributed by atoms with E-state index in [4.69, 9.17) is 5.73 Å². The van der Waals surface area contributed by atoms with Gasteiger partial charge >= 0.3 is 0 Å². The van der Waals surface area contributed by atoms with Crippen molar-refractivity contribution in [3.63, 3.8) is 0 Å². The van der Waals surface area contributed by atoms with E-state index < -0.39 is 0 Å². The molecule has 0 unspecified atom stereocenters. The molecule has 0 aromatic heterocycles. The van der Waals surface area contributed by atoms with Gasteiger partial charge in [-0.2, -0.15) is 0 Å². The molecular weight excluding hydrogens is 144 g/mol. The summed E-state index contributed by atoms with van der Waals surface area (Å²) in [5.74, 6) is 0. The first-order chi connectivity index (χ1) is 4.83. The molecule has 0 saturated heterocycles. The normalized spacial score (nSPS) is 34.2. The fraction of sp³-hybridized carbons (Fsp3) is 1.00. The summed E-state index contributed by atoms with van der Waals surface area (Å²) in [6.45, 7) is 0. The van der Waals surface area contributed by atoms with Crippen LogP contribution in [0.1, 0.15) is 25.7 Å². The molecular formula is C7H16N2S. The van der Waals surface area contributed by atoms with Crippen LogP contribution in [0, 0.1) is 0 Å². The first-order valence-corrected chi connectivity index (χ1v) is 5.09. The summed E-state index contributed by atoms with van der Waals surface area (Å²) >= 11 is 1.72. The molecule has 1 rings (SSSR count). The second-order valence-electron chi connectivity index (χ2n) is 2.93. The molecule has 0 amide bonds. The third-order valence-corrected chi connectivity index (χ3v) is 2.63. The van der Waals surface area contributed by atoms with Crippen molar-refractivity contribution >= 4 is 11.9 Å². The van der Waals surface area contributed by atoms with E-state index >= 15 is 0 Å². The molecule has 0 aromatic carbocycles. The van der Waals surface area contributed by atoms with E-state index in [1.165, 1.54) is 25.7 Å². The maximum absolute atomic E-state index is 5.76. The molecule has 0 bridgehead atoms. The zero-order chi connectivity index (χ0) is 7.40. The van der Waals surface area contributed by atoms with Gasteiger partial charge in [-0.15, -0.1) is 0 Å². The molecule has 0 heterocycles. The number of rotatable bonds is 2. The lowest BCUT2D eigenvalue weighted by molar-refractivity contribution is 0.381. The highest BCUT2D eigenvalue weighted by atomic mass is 32.2. The first-order valence-electron chi connectivity index (χ1n) is 3.87. The Balaban J connectivity index is 2.13. The Kier molecular flexibility index (Phi) is 3.52. The van der Waals surface area contributed by atoms with Crippen LogP contribution in [0.5, 0.6) is 0 Å². The predicted molar refractivity (Wildman–Crippen MR) is 46.9 cm³/mol. The minimum absolute atomic E-state index is 0.472. The molecule has 10 heavy (non-hydrogen) atoms. The van der Waals surface area contributed by atoms with Crippen molar-refractivity contribution in [2.75, 3.05) is 6.26 Å². The maximum atomic E-state index is 5.76. The summed E-state index contributed by atoms with van der Waals surface area (Å²) in [5, 5.41) is 0. The van der Waals surface area contributed by atoms with Crippen LogP contribution in [0.2, 0.25) is 0 Å². The second-order valence-corrected chi connectivity index (χ2v) is 3.58. The van der Waals surface area contributed by atoms with Gasteiger partial charge in [-0.3, -0.25) is 4.72 Å². The Morgan fingerprint density at radius 2 is 1.90 bits per heavy atom. The Morgan fingerprint density at radius 1 is 1.30 bits per heavy atom. The summed E-state index contributed by atoms with van der Waals surface area (Å²) in [6, 6.07) is 1.19. The number of hydrogen-bond donors (Lipinski definition) is 2. The third kappa shape index (κ3) is 2.48. The lowest BCUT2D eigenvalue weighted by Crippen LogP contribution is -2.34. The van der Waals surface area contributed by atoms with Crippen molar-refractivity contribution in [1.82, 2.24) is 4.72 Å². The fourth-order valence-corrected chi connectivity index (χ4v) is 1.97. The SMILES string of the molecule is CSNC1CCC(N)CC1. The molecule has 0 aliphatic heterocycles. The Hall–Kier alpha value is 0.270. The molecule has 0 atom stereocenters. The van der Waals surface area contributed by atoms with Gasteiger partial charge in [0, 0.05) is 12.1 Å². The summed E-state index contributed by atoms with van der Waals surface area (Å²) in [7, 11) is 0. The van der Waals surface area contributed by atoms with Gasteiger partial charge in [-0.1, -0.05) is 11.9 Å². The molecule has 60 valence electrons. The highest BCUT2D eigenvalue weighted by Crippen LogP contribution is 2.17. The van der Waals surface area contributed by atoms with Crippen molar-refractivity contribution in [2.45, 2.75) is 37.8 Å². The minimum atomic E-state index is 0.472. The average Bonchev–Trinajstić information content (AvgIpc) is 1.95. The molecule has 0 spiro atoms. The van der Waals surface area contributed by atoms with Crippen LogP contribution in [0.25, 0.3) is 0 Å². The molecule has 3 heteroatoms. The highest BCUT2D eigenvalue weighted by molar-refractivity contribution is 7.96. The third-order valence-electron chi connectivity index (χ3n) is 2.06. The van der Waals surface area contributed by atoms with Gasteiger partial charge in [0.15, 0.2) is 0 Å². The zero-order valence-corrected chi connectivity index (χ0v) is 7.29. The van der Waals surface area contributed by atoms with Crippen LogP contribution in [-0.4, -0.2) is 18.3 Å². The summed E-state index contributed by atoms with van der Waals surface area (Å²) in [6.07, 6.45) is 6.97. The van der Waals surface area contributed by atoms with E-state index in [-0.39, 0.29) is 0 Å². The van der Waals surface area contributed by atoms with Crippen molar-refractivity contribution < 1.29 is 0 Å². The van der Waals surface area contributed by atoms with Crippen molar-refractivity contribution in [3.8, 4) is 0 Å². The summed E-state index contributed by atoms with van der Waals surface area (Å²) in [4.78, 5) is 0. The van der Waals surface area contributed by atoms with Gasteiger partial charge in [0.1, 0.15) is 0 Å². The van der Waals surface area contributed by atoms with Gasteiger partial charge in [0.2, 0.25) is 0 Å². The van der Waals surface area contributed by atoms with Crippen LogP contribution in [0.4, 0.5) is 0 Å². The highest BCUT2D eigenvalue weighted by Gasteiger charge is 2.16.